The number of rotatable bonds is 7. The molecule has 0 unspecified atom stereocenters. The van der Waals surface area contributed by atoms with E-state index in [0.29, 0.717) is 42.8 Å². The molecule has 144 valence electrons. The van der Waals surface area contributed by atoms with Gasteiger partial charge in [0.15, 0.2) is 0 Å². The van der Waals surface area contributed by atoms with Crippen LogP contribution in [-0.4, -0.2) is 25.1 Å². The topological polar surface area (TPSA) is 81.3 Å². The molecule has 7 nitrogen and oxygen atoms in total. The standard InChI is InChI=1S/C20H21N5O2S/c1-2-24-19(27)18-15(11-12-28-18)25-16(22-23-20(24)25)9-6-10-17(26)21-13-14-7-4-3-5-8-14/h3-5,7-8,11-12H,2,6,9-10,13H2,1H3,(H,21,26). The Bertz CT molecular complexity index is 1180. The minimum absolute atomic E-state index is 0.0174. The molecular formula is C20H21N5O2S. The molecule has 4 rings (SSSR count). The number of amides is 1. The van der Waals surface area contributed by atoms with Crippen molar-refractivity contribution in [1.82, 2.24) is 24.5 Å². The van der Waals surface area contributed by atoms with Crippen molar-refractivity contribution in [3.8, 4) is 0 Å². The van der Waals surface area contributed by atoms with Crippen molar-refractivity contribution in [3.05, 3.63) is 63.5 Å². The summed E-state index contributed by atoms with van der Waals surface area (Å²) in [5.74, 6) is 1.35. The fraction of sp³-hybridized carbons (Fsp3) is 0.300. The summed E-state index contributed by atoms with van der Waals surface area (Å²) >= 11 is 1.43. The second kappa shape index (κ2) is 7.93. The highest BCUT2D eigenvalue weighted by atomic mass is 32.1. The molecule has 1 N–H and O–H groups in total. The van der Waals surface area contributed by atoms with E-state index in [1.165, 1.54) is 11.3 Å². The quantitative estimate of drug-likeness (QED) is 0.522. The predicted octanol–water partition coefficient (Wildman–Crippen LogP) is 2.76. The molecule has 0 saturated heterocycles. The molecule has 28 heavy (non-hydrogen) atoms. The molecule has 1 amide bonds. The number of nitrogens with one attached hydrogen (secondary N) is 1. The molecule has 0 saturated carbocycles. The molecule has 0 bridgehead atoms. The maximum atomic E-state index is 12.6. The molecule has 8 heteroatoms. The van der Waals surface area contributed by atoms with Gasteiger partial charge >= 0.3 is 0 Å². The van der Waals surface area contributed by atoms with E-state index < -0.39 is 0 Å². The smallest absolute Gasteiger partial charge is 0.272 e. The van der Waals surface area contributed by atoms with E-state index in [0.717, 1.165) is 16.9 Å². The number of nitrogens with zero attached hydrogens (tertiary/aromatic N) is 4. The van der Waals surface area contributed by atoms with Gasteiger partial charge in [0.25, 0.3) is 5.56 Å². The van der Waals surface area contributed by atoms with Crippen molar-refractivity contribution in [1.29, 1.82) is 0 Å². The third-order valence-corrected chi connectivity index (χ3v) is 5.62. The largest absolute Gasteiger partial charge is 0.352 e. The Morgan fingerprint density at radius 1 is 1.18 bits per heavy atom. The molecule has 0 radical (unpaired) electrons. The number of aryl methyl sites for hydroxylation is 2. The first-order valence-electron chi connectivity index (χ1n) is 9.33. The molecule has 0 aliphatic carbocycles. The Morgan fingerprint density at radius 2 is 2.00 bits per heavy atom. The highest BCUT2D eigenvalue weighted by Crippen LogP contribution is 2.20. The van der Waals surface area contributed by atoms with Gasteiger partial charge < -0.3 is 5.32 Å². The lowest BCUT2D eigenvalue weighted by molar-refractivity contribution is -0.121. The van der Waals surface area contributed by atoms with Gasteiger partial charge in [0.2, 0.25) is 11.7 Å². The fourth-order valence-corrected chi connectivity index (χ4v) is 4.14. The van der Waals surface area contributed by atoms with Crippen LogP contribution < -0.4 is 10.9 Å². The Hall–Kier alpha value is -3.00. The van der Waals surface area contributed by atoms with Crippen LogP contribution in [0.25, 0.3) is 16.0 Å². The van der Waals surface area contributed by atoms with E-state index >= 15 is 0 Å². The van der Waals surface area contributed by atoms with Crippen LogP contribution in [-0.2, 0) is 24.3 Å². The number of carbonyl (C=O) groups is 1. The zero-order valence-electron chi connectivity index (χ0n) is 15.6. The summed E-state index contributed by atoms with van der Waals surface area (Å²) in [5, 5.41) is 13.4. The first kappa shape index (κ1) is 18.4. The summed E-state index contributed by atoms with van der Waals surface area (Å²) < 4.78 is 4.29. The Morgan fingerprint density at radius 3 is 2.79 bits per heavy atom. The monoisotopic (exact) mass is 395 g/mol. The van der Waals surface area contributed by atoms with Crippen LogP contribution >= 0.6 is 11.3 Å². The second-order valence-electron chi connectivity index (χ2n) is 6.55. The van der Waals surface area contributed by atoms with E-state index in [1.807, 2.05) is 53.1 Å². The van der Waals surface area contributed by atoms with Crippen molar-refractivity contribution in [3.63, 3.8) is 0 Å². The van der Waals surface area contributed by atoms with E-state index in [4.69, 9.17) is 0 Å². The number of hydrogen-bond donors (Lipinski definition) is 1. The molecule has 4 aromatic rings. The molecule has 0 atom stereocenters. The van der Waals surface area contributed by atoms with Gasteiger partial charge in [0.05, 0.1) is 5.52 Å². The van der Waals surface area contributed by atoms with Gasteiger partial charge in [0, 0.05) is 25.9 Å². The van der Waals surface area contributed by atoms with Crippen molar-refractivity contribution >= 4 is 33.2 Å². The van der Waals surface area contributed by atoms with Crippen LogP contribution in [0.4, 0.5) is 0 Å². The fourth-order valence-electron chi connectivity index (χ4n) is 3.32. The minimum Gasteiger partial charge on any atom is -0.352 e. The summed E-state index contributed by atoms with van der Waals surface area (Å²) in [4.78, 5) is 24.7. The maximum absolute atomic E-state index is 12.6. The number of fused-ring (bicyclic) bond motifs is 3. The lowest BCUT2D eigenvalue weighted by Crippen LogP contribution is -2.23. The number of benzene rings is 1. The van der Waals surface area contributed by atoms with Crippen molar-refractivity contribution < 1.29 is 4.79 Å². The second-order valence-corrected chi connectivity index (χ2v) is 7.47. The lowest BCUT2D eigenvalue weighted by Gasteiger charge is -2.07. The summed E-state index contributed by atoms with van der Waals surface area (Å²) in [7, 11) is 0. The number of hydrogen-bond acceptors (Lipinski definition) is 5. The highest BCUT2D eigenvalue weighted by Gasteiger charge is 2.16. The van der Waals surface area contributed by atoms with Crippen LogP contribution in [0.3, 0.4) is 0 Å². The molecule has 0 spiro atoms. The zero-order valence-corrected chi connectivity index (χ0v) is 16.4. The van der Waals surface area contributed by atoms with Crippen LogP contribution in [0.1, 0.15) is 31.2 Å². The zero-order chi connectivity index (χ0) is 19.5. The van der Waals surface area contributed by atoms with Gasteiger partial charge in [-0.3, -0.25) is 18.6 Å². The highest BCUT2D eigenvalue weighted by molar-refractivity contribution is 7.17. The predicted molar refractivity (Wildman–Crippen MR) is 110 cm³/mol. The van der Waals surface area contributed by atoms with Gasteiger partial charge in [-0.1, -0.05) is 30.3 Å². The van der Waals surface area contributed by atoms with Gasteiger partial charge in [-0.05, 0) is 30.4 Å². The first-order valence-corrected chi connectivity index (χ1v) is 10.2. The Balaban J connectivity index is 1.46. The number of aromatic nitrogens is 4. The minimum atomic E-state index is -0.0285. The molecule has 0 aliphatic rings. The van der Waals surface area contributed by atoms with Crippen LogP contribution in [0.2, 0.25) is 0 Å². The molecule has 0 fully saturated rings. The summed E-state index contributed by atoms with van der Waals surface area (Å²) in [6.45, 7) is 2.99. The van der Waals surface area contributed by atoms with Gasteiger partial charge in [-0.2, -0.15) is 0 Å². The third kappa shape index (κ3) is 3.43. The summed E-state index contributed by atoms with van der Waals surface area (Å²) in [5.41, 5.74) is 1.89. The SMILES string of the molecule is CCn1c(=O)c2sccc2n2c(CCCC(=O)NCc3ccccc3)nnc12. The van der Waals surface area contributed by atoms with Gasteiger partial charge in [-0.25, -0.2) is 0 Å². The van der Waals surface area contributed by atoms with E-state index in [2.05, 4.69) is 15.5 Å². The van der Waals surface area contributed by atoms with E-state index in [1.54, 1.807) is 4.57 Å². The van der Waals surface area contributed by atoms with Crippen molar-refractivity contribution in [2.75, 3.05) is 0 Å². The average molecular weight is 395 g/mol. The maximum Gasteiger partial charge on any atom is 0.272 e. The van der Waals surface area contributed by atoms with Gasteiger partial charge in [-0.15, -0.1) is 21.5 Å². The molecule has 3 heterocycles. The van der Waals surface area contributed by atoms with Crippen molar-refractivity contribution in [2.45, 2.75) is 39.3 Å². The third-order valence-electron chi connectivity index (χ3n) is 4.73. The average Bonchev–Trinajstić information content (AvgIpc) is 3.35. The lowest BCUT2D eigenvalue weighted by atomic mass is 10.2. The normalized spacial score (nSPS) is 11.3. The summed E-state index contributed by atoms with van der Waals surface area (Å²) in [6.07, 6.45) is 1.70. The number of carbonyl (C=O) groups excluding carboxylic acids is 1. The molecule has 3 aromatic heterocycles. The van der Waals surface area contributed by atoms with Crippen LogP contribution in [0.5, 0.6) is 0 Å². The van der Waals surface area contributed by atoms with E-state index in [-0.39, 0.29) is 11.5 Å². The molecule has 1 aromatic carbocycles. The molecular weight excluding hydrogens is 374 g/mol. The van der Waals surface area contributed by atoms with Crippen molar-refractivity contribution in [2.24, 2.45) is 0 Å². The summed E-state index contributed by atoms with van der Waals surface area (Å²) in [6, 6.07) is 11.8. The van der Waals surface area contributed by atoms with Crippen LogP contribution in [0.15, 0.2) is 46.6 Å². The Labute approximate surface area is 165 Å². The first-order chi connectivity index (χ1) is 13.7. The Kier molecular flexibility index (Phi) is 5.21. The number of thiophene rings is 1. The van der Waals surface area contributed by atoms with Gasteiger partial charge in [0.1, 0.15) is 10.5 Å². The van der Waals surface area contributed by atoms with Crippen LogP contribution in [0, 0.1) is 0 Å². The van der Waals surface area contributed by atoms with E-state index in [9.17, 15) is 9.59 Å². The molecule has 0 aliphatic heterocycles.